The van der Waals surface area contributed by atoms with E-state index in [0.29, 0.717) is 5.69 Å². The molecule has 7 rings (SSSR count). The van der Waals surface area contributed by atoms with Crippen LogP contribution in [0.15, 0.2) is 72.8 Å². The molecule has 7 heteroatoms. The second kappa shape index (κ2) is 7.67. The van der Waals surface area contributed by atoms with Crippen molar-refractivity contribution in [1.82, 2.24) is 4.90 Å². The monoisotopic (exact) mass is 504 g/mol. The van der Waals surface area contributed by atoms with Gasteiger partial charge in [-0.2, -0.15) is 0 Å². The number of imide groups is 1. The normalized spacial score (nSPS) is 27.9. The lowest BCUT2D eigenvalue weighted by molar-refractivity contribution is -0.142. The molecule has 3 aromatic carbocycles. The molecule has 3 aliphatic carbocycles. The Balaban J connectivity index is 1.41. The van der Waals surface area contributed by atoms with Gasteiger partial charge in [-0.1, -0.05) is 73.7 Å². The molecule has 3 aromatic rings. The number of carbonyl (C=O) groups is 3. The van der Waals surface area contributed by atoms with Gasteiger partial charge in [0, 0.05) is 5.69 Å². The van der Waals surface area contributed by atoms with Crippen LogP contribution in [0.4, 0.5) is 5.69 Å². The number of carbonyl (C=O) groups excluding carboxylic acids is 3. The van der Waals surface area contributed by atoms with E-state index in [9.17, 15) is 14.4 Å². The van der Waals surface area contributed by atoms with E-state index in [2.05, 4.69) is 5.32 Å². The van der Waals surface area contributed by atoms with Gasteiger partial charge >= 0.3 is 0 Å². The summed E-state index contributed by atoms with van der Waals surface area (Å²) in [4.78, 5) is 39.1. The standard InChI is InChI=1S/C28H22Cl2N2O3/c1-2-16-9-3-8-14-21(16)31-22(33)15-32-25(34)23-24(26(32)35)28(30)18-11-5-4-10-17(18)27(23,29)19-12-6-7-13-20(19)28/h3-14,23-24H,2,15H2,1H3,(H,31,33)/t23-,24-,27?,28?/m1/s1. The van der Waals surface area contributed by atoms with Crippen LogP contribution in [-0.2, 0) is 30.6 Å². The Morgan fingerprint density at radius 3 is 1.69 bits per heavy atom. The zero-order chi connectivity index (χ0) is 24.5. The van der Waals surface area contributed by atoms with Crippen LogP contribution in [0, 0.1) is 11.8 Å². The van der Waals surface area contributed by atoms with Gasteiger partial charge in [-0.3, -0.25) is 19.3 Å². The predicted molar refractivity (Wildman–Crippen MR) is 134 cm³/mol. The van der Waals surface area contributed by atoms with Crippen molar-refractivity contribution in [1.29, 1.82) is 0 Å². The number of nitrogens with zero attached hydrogens (tertiary/aromatic N) is 1. The van der Waals surface area contributed by atoms with Crippen molar-refractivity contribution >= 4 is 46.6 Å². The quantitative estimate of drug-likeness (QED) is 0.410. The molecule has 1 heterocycles. The van der Waals surface area contributed by atoms with Gasteiger partial charge < -0.3 is 5.32 Å². The number of hydrogen-bond donors (Lipinski definition) is 1. The molecule has 176 valence electrons. The van der Waals surface area contributed by atoms with E-state index in [1.54, 1.807) is 6.07 Å². The van der Waals surface area contributed by atoms with E-state index >= 15 is 0 Å². The van der Waals surface area contributed by atoms with Crippen LogP contribution in [0.1, 0.15) is 34.7 Å². The molecule has 1 aliphatic heterocycles. The molecule has 3 amide bonds. The van der Waals surface area contributed by atoms with E-state index in [-0.39, 0.29) is 0 Å². The highest BCUT2D eigenvalue weighted by atomic mass is 35.5. The second-order valence-electron chi connectivity index (χ2n) is 9.29. The average Bonchev–Trinajstić information content (AvgIpc) is 3.13. The van der Waals surface area contributed by atoms with Crippen LogP contribution in [0.2, 0.25) is 0 Å². The van der Waals surface area contributed by atoms with Gasteiger partial charge in [0.2, 0.25) is 17.7 Å². The number of amides is 3. The lowest BCUT2D eigenvalue weighted by Crippen LogP contribution is -2.57. The van der Waals surface area contributed by atoms with Crippen LogP contribution >= 0.6 is 23.2 Å². The molecule has 0 saturated carbocycles. The van der Waals surface area contributed by atoms with Crippen molar-refractivity contribution in [3.8, 4) is 0 Å². The average molecular weight is 505 g/mol. The summed E-state index contributed by atoms with van der Waals surface area (Å²) in [5.74, 6) is -3.20. The lowest BCUT2D eigenvalue weighted by Gasteiger charge is -2.54. The van der Waals surface area contributed by atoms with Crippen LogP contribution in [0.25, 0.3) is 0 Å². The number of para-hydroxylation sites is 1. The first kappa shape index (κ1) is 22.3. The summed E-state index contributed by atoms with van der Waals surface area (Å²) in [5.41, 5.74) is 4.58. The maximum atomic E-state index is 13.8. The third-order valence-corrected chi connectivity index (χ3v) is 8.94. The summed E-state index contributed by atoms with van der Waals surface area (Å²) in [5, 5.41) is 2.85. The molecule has 2 bridgehead atoms. The second-order valence-corrected chi connectivity index (χ2v) is 10.5. The number of benzene rings is 3. The van der Waals surface area contributed by atoms with Gasteiger partial charge in [0.15, 0.2) is 0 Å². The fourth-order valence-corrected chi connectivity index (χ4v) is 7.26. The van der Waals surface area contributed by atoms with Crippen molar-refractivity contribution in [2.24, 2.45) is 11.8 Å². The summed E-state index contributed by atoms with van der Waals surface area (Å²) in [6, 6.07) is 22.4. The van der Waals surface area contributed by atoms with Gasteiger partial charge in [-0.15, -0.1) is 23.2 Å². The molecule has 5 nitrogen and oxygen atoms in total. The molecular weight excluding hydrogens is 483 g/mol. The summed E-state index contributed by atoms with van der Waals surface area (Å²) < 4.78 is 0. The fraction of sp³-hybridized carbons (Fsp3) is 0.250. The summed E-state index contributed by atoms with van der Waals surface area (Å²) >= 11 is 14.8. The zero-order valence-corrected chi connectivity index (χ0v) is 20.4. The Bertz CT molecular complexity index is 1300. The number of likely N-dealkylation sites (tertiary alicyclic amines) is 1. The minimum absolute atomic E-state index is 0.394. The Morgan fingerprint density at radius 1 is 0.800 bits per heavy atom. The van der Waals surface area contributed by atoms with Crippen LogP contribution < -0.4 is 5.32 Å². The van der Waals surface area contributed by atoms with E-state index < -0.39 is 45.9 Å². The van der Waals surface area contributed by atoms with Gasteiger partial charge in [0.05, 0.1) is 11.8 Å². The first-order valence-electron chi connectivity index (χ1n) is 11.6. The highest BCUT2D eigenvalue weighted by Gasteiger charge is 2.73. The Hall–Kier alpha value is -3.15. The van der Waals surface area contributed by atoms with E-state index in [0.717, 1.165) is 39.1 Å². The number of hydrogen-bond acceptors (Lipinski definition) is 3. The Morgan fingerprint density at radius 2 is 1.23 bits per heavy atom. The van der Waals surface area contributed by atoms with Crippen molar-refractivity contribution in [2.75, 3.05) is 11.9 Å². The SMILES string of the molecule is CCc1ccccc1NC(=O)CN1C(=O)[C@H]2[C@H](C1=O)C1(Cl)c3ccccc3C2(Cl)c2ccccc21. The highest BCUT2D eigenvalue weighted by molar-refractivity contribution is 6.36. The van der Waals surface area contributed by atoms with Gasteiger partial charge in [-0.25, -0.2) is 0 Å². The molecule has 1 fully saturated rings. The van der Waals surface area contributed by atoms with Gasteiger partial charge in [0.1, 0.15) is 16.3 Å². The maximum Gasteiger partial charge on any atom is 0.244 e. The van der Waals surface area contributed by atoms with E-state index in [4.69, 9.17) is 23.2 Å². The lowest BCUT2D eigenvalue weighted by atomic mass is 9.54. The molecule has 0 unspecified atom stereocenters. The molecule has 0 aromatic heterocycles. The molecule has 35 heavy (non-hydrogen) atoms. The number of alkyl halides is 2. The molecule has 2 atom stereocenters. The largest absolute Gasteiger partial charge is 0.324 e. The minimum atomic E-state index is -1.25. The van der Waals surface area contributed by atoms with Crippen molar-refractivity contribution in [2.45, 2.75) is 23.1 Å². The Labute approximate surface area is 213 Å². The van der Waals surface area contributed by atoms with Gasteiger partial charge in [0.25, 0.3) is 0 Å². The molecule has 1 saturated heterocycles. The molecule has 0 spiro atoms. The van der Waals surface area contributed by atoms with Crippen molar-refractivity contribution in [3.63, 3.8) is 0 Å². The van der Waals surface area contributed by atoms with Crippen molar-refractivity contribution in [3.05, 3.63) is 101 Å². The summed E-state index contributed by atoms with van der Waals surface area (Å²) in [6.07, 6.45) is 0.738. The predicted octanol–water partition coefficient (Wildman–Crippen LogP) is 4.78. The molecule has 4 aliphatic rings. The smallest absolute Gasteiger partial charge is 0.244 e. The zero-order valence-electron chi connectivity index (χ0n) is 18.9. The molecular formula is C28H22Cl2N2O3. The van der Waals surface area contributed by atoms with E-state index in [1.807, 2.05) is 73.7 Å². The van der Waals surface area contributed by atoms with E-state index in [1.165, 1.54) is 0 Å². The third-order valence-electron chi connectivity index (χ3n) is 7.65. The third kappa shape index (κ3) is 2.79. The topological polar surface area (TPSA) is 66.5 Å². The number of rotatable bonds is 4. The fourth-order valence-electron chi connectivity index (χ4n) is 6.16. The number of nitrogens with one attached hydrogen (secondary N) is 1. The summed E-state index contributed by atoms with van der Waals surface area (Å²) in [6.45, 7) is 1.60. The highest BCUT2D eigenvalue weighted by Crippen LogP contribution is 2.69. The maximum absolute atomic E-state index is 13.8. The minimum Gasteiger partial charge on any atom is -0.324 e. The number of halogens is 2. The Kier molecular flexibility index (Phi) is 4.89. The van der Waals surface area contributed by atoms with Crippen LogP contribution in [-0.4, -0.2) is 29.2 Å². The van der Waals surface area contributed by atoms with Crippen LogP contribution in [0.5, 0.6) is 0 Å². The first-order valence-corrected chi connectivity index (χ1v) is 12.4. The molecule has 0 radical (unpaired) electrons. The summed E-state index contributed by atoms with van der Waals surface area (Å²) in [7, 11) is 0. The first-order chi connectivity index (χ1) is 16.8. The van der Waals surface area contributed by atoms with Crippen LogP contribution in [0.3, 0.4) is 0 Å². The van der Waals surface area contributed by atoms with Gasteiger partial charge in [-0.05, 0) is 40.3 Å². The molecule has 1 N–H and O–H groups in total. The number of aryl methyl sites for hydroxylation is 1. The number of anilines is 1. The van der Waals surface area contributed by atoms with Crippen molar-refractivity contribution < 1.29 is 14.4 Å².